The van der Waals surface area contributed by atoms with Crippen LogP contribution in [0, 0.1) is 0 Å². The Hall–Kier alpha value is -1.73. The zero-order valence-electron chi connectivity index (χ0n) is 16.3. The minimum atomic E-state index is -4.54. The van der Waals surface area contributed by atoms with Gasteiger partial charge in [0.1, 0.15) is 5.60 Å². The van der Waals surface area contributed by atoms with E-state index in [1.165, 1.54) is 13.2 Å². The van der Waals surface area contributed by atoms with E-state index in [2.05, 4.69) is 10.1 Å². The highest BCUT2D eigenvalue weighted by Crippen LogP contribution is 2.30. The average molecular weight is 518 g/mol. The lowest BCUT2D eigenvalue weighted by molar-refractivity contribution is -0.142. The van der Waals surface area contributed by atoms with Crippen molar-refractivity contribution in [2.75, 3.05) is 26.2 Å². The first-order valence-corrected chi connectivity index (χ1v) is 8.49. The van der Waals surface area contributed by atoms with Crippen molar-refractivity contribution in [3.63, 3.8) is 0 Å². The summed E-state index contributed by atoms with van der Waals surface area (Å²) in [5.74, 6) is 0.135. The molecule has 28 heavy (non-hydrogen) atoms. The number of aromatic nitrogens is 2. The van der Waals surface area contributed by atoms with Gasteiger partial charge in [-0.3, -0.25) is 4.68 Å². The van der Waals surface area contributed by atoms with Crippen molar-refractivity contribution in [3.8, 4) is 0 Å². The van der Waals surface area contributed by atoms with E-state index >= 15 is 0 Å². The molecule has 0 atom stereocenters. The van der Waals surface area contributed by atoms with Crippen LogP contribution in [0.3, 0.4) is 0 Å². The highest BCUT2D eigenvalue weighted by Gasteiger charge is 2.36. The zero-order chi connectivity index (χ0) is 20.4. The molecule has 0 bridgehead atoms. The fourth-order valence-corrected chi connectivity index (χ4v) is 2.60. The van der Waals surface area contributed by atoms with Gasteiger partial charge in [-0.05, 0) is 20.8 Å². The number of guanidine groups is 1. The number of hydrogen-bond donors (Lipinski definition) is 1. The number of amides is 1. The summed E-state index contributed by atoms with van der Waals surface area (Å²) in [7, 11) is 1.42. The summed E-state index contributed by atoms with van der Waals surface area (Å²) in [6, 6.07) is 0. The van der Waals surface area contributed by atoms with E-state index in [4.69, 9.17) is 10.5 Å². The average Bonchev–Trinajstić information content (AvgIpc) is 2.92. The van der Waals surface area contributed by atoms with Gasteiger partial charge in [-0.1, -0.05) is 0 Å². The van der Waals surface area contributed by atoms with E-state index < -0.39 is 23.6 Å². The number of alkyl halides is 3. The van der Waals surface area contributed by atoms with Crippen molar-refractivity contribution >= 4 is 36.0 Å². The Morgan fingerprint density at radius 2 is 1.75 bits per heavy atom. The second-order valence-electron chi connectivity index (χ2n) is 7.30. The molecule has 0 unspecified atom stereocenters. The molecule has 1 aromatic heterocycles. The number of hydrogen-bond acceptors (Lipinski definition) is 4. The number of carbonyl (C=O) groups is 1. The van der Waals surface area contributed by atoms with Crippen LogP contribution < -0.4 is 5.73 Å². The highest BCUT2D eigenvalue weighted by molar-refractivity contribution is 14.0. The van der Waals surface area contributed by atoms with Crippen LogP contribution in [0.4, 0.5) is 18.0 Å². The molecule has 2 heterocycles. The molecule has 2 rings (SSSR count). The second-order valence-corrected chi connectivity index (χ2v) is 7.30. The Kier molecular flexibility index (Phi) is 7.97. The van der Waals surface area contributed by atoms with Gasteiger partial charge in [-0.2, -0.15) is 18.3 Å². The Morgan fingerprint density at radius 1 is 1.21 bits per heavy atom. The quantitative estimate of drug-likeness (QED) is 0.369. The molecule has 0 aromatic carbocycles. The fourth-order valence-electron chi connectivity index (χ4n) is 2.60. The van der Waals surface area contributed by atoms with Crippen molar-refractivity contribution in [1.29, 1.82) is 0 Å². The SMILES string of the molecule is Cn1cc(CN=C(N)N2CCN(C(=O)OC(C)(C)C)CC2)c(C(F)(F)F)n1.I. The third-order valence-corrected chi connectivity index (χ3v) is 3.84. The van der Waals surface area contributed by atoms with Crippen molar-refractivity contribution in [3.05, 3.63) is 17.5 Å². The molecule has 8 nitrogen and oxygen atoms in total. The number of aryl methyl sites for hydroxylation is 1. The summed E-state index contributed by atoms with van der Waals surface area (Å²) in [6.07, 6.45) is -3.66. The Bertz CT molecular complexity index is 706. The van der Waals surface area contributed by atoms with Gasteiger partial charge in [0.05, 0.1) is 6.54 Å². The number of rotatable bonds is 2. The first-order valence-electron chi connectivity index (χ1n) is 8.49. The molecule has 0 aliphatic carbocycles. The lowest BCUT2D eigenvalue weighted by Gasteiger charge is -2.36. The maximum atomic E-state index is 13.0. The maximum absolute atomic E-state index is 13.0. The monoisotopic (exact) mass is 518 g/mol. The summed E-state index contributed by atoms with van der Waals surface area (Å²) in [6.45, 7) is 6.79. The van der Waals surface area contributed by atoms with E-state index in [9.17, 15) is 18.0 Å². The summed E-state index contributed by atoms with van der Waals surface area (Å²) >= 11 is 0. The lowest BCUT2D eigenvalue weighted by atomic mass is 10.2. The Morgan fingerprint density at radius 3 is 2.25 bits per heavy atom. The van der Waals surface area contributed by atoms with Gasteiger partial charge in [-0.25, -0.2) is 9.79 Å². The summed E-state index contributed by atoms with van der Waals surface area (Å²) in [5.41, 5.74) is 4.34. The van der Waals surface area contributed by atoms with Gasteiger partial charge in [0, 0.05) is 45.0 Å². The van der Waals surface area contributed by atoms with Crippen LogP contribution in [0.2, 0.25) is 0 Å². The third kappa shape index (κ3) is 6.71. The summed E-state index contributed by atoms with van der Waals surface area (Å²) in [5, 5.41) is 3.44. The molecule has 0 spiro atoms. The molecule has 160 valence electrons. The molecule has 1 aliphatic heterocycles. The number of aliphatic imine (C=N–C) groups is 1. The van der Waals surface area contributed by atoms with Crippen LogP contribution in [-0.4, -0.2) is 63.4 Å². The predicted molar refractivity (Wildman–Crippen MR) is 108 cm³/mol. The zero-order valence-corrected chi connectivity index (χ0v) is 18.6. The van der Waals surface area contributed by atoms with Crippen molar-refractivity contribution in [1.82, 2.24) is 19.6 Å². The molecule has 1 aromatic rings. The maximum Gasteiger partial charge on any atom is 0.435 e. The van der Waals surface area contributed by atoms with Crippen LogP contribution >= 0.6 is 24.0 Å². The minimum Gasteiger partial charge on any atom is -0.444 e. The summed E-state index contributed by atoms with van der Waals surface area (Å²) in [4.78, 5) is 19.4. The molecule has 1 saturated heterocycles. The molecule has 1 aliphatic rings. The lowest BCUT2D eigenvalue weighted by Crippen LogP contribution is -2.53. The number of ether oxygens (including phenoxy) is 1. The first kappa shape index (κ1) is 24.3. The minimum absolute atomic E-state index is 0. The highest BCUT2D eigenvalue weighted by atomic mass is 127. The van der Waals surface area contributed by atoms with Gasteiger partial charge in [-0.15, -0.1) is 24.0 Å². The van der Waals surface area contributed by atoms with Crippen LogP contribution in [0.1, 0.15) is 32.0 Å². The molecule has 0 radical (unpaired) electrons. The van der Waals surface area contributed by atoms with E-state index in [0.717, 1.165) is 4.68 Å². The predicted octanol–water partition coefficient (Wildman–Crippen LogP) is 2.42. The van der Waals surface area contributed by atoms with E-state index in [1.807, 2.05) is 0 Å². The molecule has 0 saturated carbocycles. The molecule has 1 fully saturated rings. The van der Waals surface area contributed by atoms with Crippen LogP contribution in [0.15, 0.2) is 11.2 Å². The number of halogens is 4. The standard InChI is InChI=1S/C16H25F3N6O2.HI/c1-15(2,3)27-14(26)25-7-5-24(6-8-25)13(20)21-9-11-10-23(4)22-12(11)16(17,18)19;/h10H,5-9H2,1-4H3,(H2,20,21);1H. The van der Waals surface area contributed by atoms with Gasteiger partial charge in [0.15, 0.2) is 11.7 Å². The Balaban J connectivity index is 0.00000392. The van der Waals surface area contributed by atoms with Gasteiger partial charge in [0.25, 0.3) is 0 Å². The van der Waals surface area contributed by atoms with Crippen molar-refractivity contribution in [2.24, 2.45) is 17.8 Å². The number of nitrogens with zero attached hydrogens (tertiary/aromatic N) is 5. The molecular formula is C16H26F3IN6O2. The van der Waals surface area contributed by atoms with Crippen molar-refractivity contribution < 1.29 is 22.7 Å². The summed E-state index contributed by atoms with van der Waals surface area (Å²) < 4.78 is 45.3. The molecule has 2 N–H and O–H groups in total. The van der Waals surface area contributed by atoms with Crippen LogP contribution in [0.25, 0.3) is 0 Å². The fraction of sp³-hybridized carbons (Fsp3) is 0.688. The number of nitrogens with two attached hydrogens (primary N) is 1. The largest absolute Gasteiger partial charge is 0.444 e. The third-order valence-electron chi connectivity index (χ3n) is 3.84. The second kappa shape index (κ2) is 9.18. The smallest absolute Gasteiger partial charge is 0.435 e. The van der Waals surface area contributed by atoms with E-state index in [1.54, 1.807) is 30.6 Å². The number of piperazine rings is 1. The van der Waals surface area contributed by atoms with E-state index in [-0.39, 0.29) is 42.0 Å². The van der Waals surface area contributed by atoms with Gasteiger partial charge in [0.2, 0.25) is 0 Å². The number of carbonyl (C=O) groups excluding carboxylic acids is 1. The van der Waals surface area contributed by atoms with Crippen LogP contribution in [-0.2, 0) is 24.5 Å². The Labute approximate surface area is 178 Å². The van der Waals surface area contributed by atoms with Gasteiger partial charge >= 0.3 is 12.3 Å². The van der Waals surface area contributed by atoms with E-state index in [0.29, 0.717) is 26.2 Å². The van der Waals surface area contributed by atoms with Crippen LogP contribution in [0.5, 0.6) is 0 Å². The molecular weight excluding hydrogens is 492 g/mol. The normalized spacial score (nSPS) is 16.0. The van der Waals surface area contributed by atoms with Crippen molar-refractivity contribution in [2.45, 2.75) is 39.1 Å². The molecule has 1 amide bonds. The molecule has 12 heteroatoms. The first-order chi connectivity index (χ1) is 12.4. The topological polar surface area (TPSA) is 89.0 Å². The van der Waals surface area contributed by atoms with Gasteiger partial charge < -0.3 is 20.3 Å².